The van der Waals surface area contributed by atoms with E-state index in [1.165, 1.54) is 12.1 Å². The van der Waals surface area contributed by atoms with Crippen LogP contribution in [-0.4, -0.2) is 208 Å². The fourth-order valence-corrected chi connectivity index (χ4v) is 7.02. The first-order chi connectivity index (χ1) is 38.7. The fourth-order valence-electron chi connectivity index (χ4n) is 7.02. The van der Waals surface area contributed by atoms with Gasteiger partial charge in [0.2, 0.25) is 29.5 Å². The molecule has 0 heterocycles. The monoisotopic (exact) mass is 1140 g/mol. The molecule has 1 aromatic rings. The number of carboxylic acid groups (broad SMARTS) is 2. The quantitative estimate of drug-likeness (QED) is 0.0461. The molecule has 0 saturated carbocycles. The Morgan fingerprint density at radius 3 is 1.32 bits per heavy atom. The minimum Gasteiger partial charge on any atom is -0.494 e. The molecule has 5 amide bonds. The number of hydrogen-bond donors (Lipinski definition) is 7. The Labute approximate surface area is 470 Å². The summed E-state index contributed by atoms with van der Waals surface area (Å²) in [5.74, 6) is -2.99. The Bertz CT molecular complexity index is 1880. The molecule has 1 rings (SSSR count). The highest BCUT2D eigenvalue weighted by Crippen LogP contribution is 2.14. The van der Waals surface area contributed by atoms with Crippen molar-refractivity contribution in [2.24, 2.45) is 5.92 Å². The van der Waals surface area contributed by atoms with E-state index < -0.39 is 18.0 Å². The first-order valence-electron chi connectivity index (χ1n) is 27.9. The number of aliphatic carboxylic acids is 1. The number of hydrogen-bond acceptors (Lipinski definition) is 18. The number of carbonyl (C=O) groups is 9. The first-order valence-corrected chi connectivity index (χ1v) is 27.9. The number of nitrogens with one attached hydrogen (secondary N) is 5. The third-order valence-electron chi connectivity index (χ3n) is 11.7. The third kappa shape index (κ3) is 45.1. The molecule has 0 radical (unpaired) electrons. The van der Waals surface area contributed by atoms with Crippen LogP contribution in [0.1, 0.15) is 121 Å². The van der Waals surface area contributed by atoms with Crippen LogP contribution >= 0.6 is 0 Å². The summed E-state index contributed by atoms with van der Waals surface area (Å²) in [5, 5.41) is 31.8. The normalized spacial score (nSPS) is 11.8. The average Bonchev–Trinajstić information content (AvgIpc) is 3.43. The van der Waals surface area contributed by atoms with Crippen molar-refractivity contribution in [3.05, 3.63) is 29.8 Å². The SMILES string of the molecule is CC(=O)[C@@H](C)CCCCNC(=O)COCCOCCNC(=O)COCCOCCNC(=O)COCCOCCNC(=O)COCCOCCCC(=O)CC[C@H](NC(=O)CCCCCCCCCOc1ccc(C(=O)O)cc1)C(=O)O. The summed E-state index contributed by atoms with van der Waals surface area (Å²) in [4.78, 5) is 106. The van der Waals surface area contributed by atoms with Gasteiger partial charge in [-0.25, -0.2) is 9.59 Å². The Balaban J connectivity index is 1.85. The van der Waals surface area contributed by atoms with Crippen molar-refractivity contribution in [3.63, 3.8) is 0 Å². The van der Waals surface area contributed by atoms with Crippen molar-refractivity contribution in [2.45, 2.75) is 116 Å². The Hall–Kier alpha value is -5.67. The molecule has 2 atom stereocenters. The lowest BCUT2D eigenvalue weighted by molar-refractivity contribution is -0.142. The van der Waals surface area contributed by atoms with E-state index in [1.807, 2.05) is 6.92 Å². The summed E-state index contributed by atoms with van der Waals surface area (Å²) in [6.07, 6.45) is 9.63. The number of amides is 5. The highest BCUT2D eigenvalue weighted by molar-refractivity contribution is 5.87. The van der Waals surface area contributed by atoms with Crippen molar-refractivity contribution in [2.75, 3.05) is 138 Å². The minimum absolute atomic E-state index is 0.000543. The molecule has 25 heteroatoms. The maximum absolute atomic E-state index is 12.4. The number of benzene rings is 1. The third-order valence-corrected chi connectivity index (χ3v) is 11.7. The Morgan fingerprint density at radius 1 is 0.425 bits per heavy atom. The topological polar surface area (TPSA) is 337 Å². The smallest absolute Gasteiger partial charge is 0.335 e. The molecule has 0 saturated heterocycles. The van der Waals surface area contributed by atoms with Gasteiger partial charge in [-0.3, -0.25) is 33.6 Å². The summed E-state index contributed by atoms with van der Waals surface area (Å²) in [7, 11) is 0. The van der Waals surface area contributed by atoms with Crippen LogP contribution in [0.3, 0.4) is 0 Å². The standard InChI is InChI=1S/C55H91N5O20/c1-43(44(2)61)13-9-10-22-56-50(64)39-77-36-32-73-28-24-58-52(66)41-79-38-34-75-30-25-59-53(67)42-78-37-33-74-29-23-57-51(65)40-76-35-31-72-26-12-14-46(62)18-21-48(55(70)71)60-49(63)15-8-6-4-3-5-7-11-27-80-47-19-16-45(17-20-47)54(68)69/h16-17,19-20,43,48H,3-15,18,21-42H2,1-2H3,(H,56,64)(H,57,65)(H,58,66)(H,59,67)(H,60,63)(H,68,69)(H,70,71)/t43-,48-/m0/s1. The van der Waals surface area contributed by atoms with Gasteiger partial charge in [-0.2, -0.15) is 0 Å². The molecule has 0 bridgehead atoms. The van der Waals surface area contributed by atoms with Gasteiger partial charge < -0.3 is 79.4 Å². The first kappa shape index (κ1) is 72.3. The molecule has 456 valence electrons. The van der Waals surface area contributed by atoms with Gasteiger partial charge in [0.25, 0.3) is 0 Å². The zero-order valence-corrected chi connectivity index (χ0v) is 47.2. The van der Waals surface area contributed by atoms with E-state index in [1.54, 1.807) is 19.1 Å². The van der Waals surface area contributed by atoms with Crippen molar-refractivity contribution in [1.29, 1.82) is 0 Å². The highest BCUT2D eigenvalue weighted by atomic mass is 16.5. The number of Topliss-reactive ketones (excluding diaryl/α,β-unsaturated/α-hetero) is 2. The van der Waals surface area contributed by atoms with Crippen LogP contribution < -0.4 is 31.3 Å². The molecule has 80 heavy (non-hydrogen) atoms. The van der Waals surface area contributed by atoms with Crippen molar-refractivity contribution in [1.82, 2.24) is 26.6 Å². The van der Waals surface area contributed by atoms with Gasteiger partial charge in [0.05, 0.1) is 84.8 Å². The maximum Gasteiger partial charge on any atom is 0.335 e. The summed E-state index contributed by atoms with van der Waals surface area (Å²) < 4.78 is 48.4. The number of rotatable bonds is 56. The number of unbranched alkanes of at least 4 members (excludes halogenated alkanes) is 7. The van der Waals surface area contributed by atoms with Crippen LogP contribution in [-0.2, 0) is 76.3 Å². The second-order valence-electron chi connectivity index (χ2n) is 18.6. The van der Waals surface area contributed by atoms with Gasteiger partial charge in [-0.1, -0.05) is 45.4 Å². The molecule has 0 spiro atoms. The van der Waals surface area contributed by atoms with Crippen molar-refractivity contribution >= 4 is 53.0 Å². The number of ketones is 2. The summed E-state index contributed by atoms with van der Waals surface area (Å²) >= 11 is 0. The molecule has 0 fully saturated rings. The molecule has 25 nitrogen and oxygen atoms in total. The molecular weight excluding hydrogens is 1050 g/mol. The van der Waals surface area contributed by atoms with E-state index in [-0.39, 0.29) is 204 Å². The number of aromatic carboxylic acids is 1. The Morgan fingerprint density at radius 2 is 0.863 bits per heavy atom. The number of carboxylic acids is 2. The van der Waals surface area contributed by atoms with Gasteiger partial charge in [-0.15, -0.1) is 0 Å². The summed E-state index contributed by atoms with van der Waals surface area (Å²) in [6.45, 7) is 7.49. The summed E-state index contributed by atoms with van der Waals surface area (Å²) in [5.41, 5.74) is 0.211. The largest absolute Gasteiger partial charge is 0.494 e. The number of ether oxygens (including phenoxy) is 9. The number of carbonyl (C=O) groups excluding carboxylic acids is 7. The van der Waals surface area contributed by atoms with Crippen molar-refractivity contribution in [3.8, 4) is 5.75 Å². The van der Waals surface area contributed by atoms with Gasteiger partial charge >= 0.3 is 11.9 Å². The lowest BCUT2D eigenvalue weighted by Gasteiger charge is -2.14. The molecule has 1 aromatic carbocycles. The molecule has 0 aliphatic carbocycles. The zero-order valence-electron chi connectivity index (χ0n) is 47.2. The molecular formula is C55H91N5O20. The van der Waals surface area contributed by atoms with E-state index in [0.29, 0.717) is 31.7 Å². The van der Waals surface area contributed by atoms with E-state index in [2.05, 4.69) is 26.6 Å². The average molecular weight is 1140 g/mol. The zero-order chi connectivity index (χ0) is 58.7. The van der Waals surface area contributed by atoms with Gasteiger partial charge in [0.15, 0.2) is 0 Å². The minimum atomic E-state index is -1.19. The lowest BCUT2D eigenvalue weighted by Crippen LogP contribution is -2.41. The van der Waals surface area contributed by atoms with Crippen LogP contribution in [0.15, 0.2) is 24.3 Å². The summed E-state index contributed by atoms with van der Waals surface area (Å²) in [6, 6.07) is 5.15. The fraction of sp³-hybridized carbons (Fsp3) is 0.727. The van der Waals surface area contributed by atoms with E-state index in [9.17, 15) is 48.3 Å². The predicted molar refractivity (Wildman–Crippen MR) is 291 cm³/mol. The molecule has 0 aromatic heterocycles. The maximum atomic E-state index is 12.4. The van der Waals surface area contributed by atoms with Crippen LogP contribution in [0.5, 0.6) is 5.75 Å². The van der Waals surface area contributed by atoms with E-state index in [0.717, 1.165) is 57.8 Å². The Kier molecular flexibility index (Phi) is 45.5. The van der Waals surface area contributed by atoms with Gasteiger partial charge in [0.1, 0.15) is 49.8 Å². The molecule has 0 unspecified atom stereocenters. The van der Waals surface area contributed by atoms with Crippen LogP contribution in [0, 0.1) is 5.92 Å². The van der Waals surface area contributed by atoms with Crippen LogP contribution in [0.4, 0.5) is 0 Å². The predicted octanol–water partition coefficient (Wildman–Crippen LogP) is 2.58. The second-order valence-corrected chi connectivity index (χ2v) is 18.6. The van der Waals surface area contributed by atoms with Gasteiger partial charge in [-0.05, 0) is 69.7 Å². The lowest BCUT2D eigenvalue weighted by atomic mass is 10.0. The molecule has 0 aliphatic heterocycles. The van der Waals surface area contributed by atoms with E-state index in [4.69, 9.17) is 47.7 Å². The van der Waals surface area contributed by atoms with Crippen LogP contribution in [0.25, 0.3) is 0 Å². The second kappa shape index (κ2) is 50.3. The highest BCUT2D eigenvalue weighted by Gasteiger charge is 2.21. The van der Waals surface area contributed by atoms with Crippen LogP contribution in [0.2, 0.25) is 0 Å². The molecule has 7 N–H and O–H groups in total. The van der Waals surface area contributed by atoms with Gasteiger partial charge in [0, 0.05) is 58.0 Å². The van der Waals surface area contributed by atoms with Crippen molar-refractivity contribution < 1.29 is 96.0 Å². The molecule has 0 aliphatic rings. The van der Waals surface area contributed by atoms with E-state index >= 15 is 0 Å².